The van der Waals surface area contributed by atoms with Crippen LogP contribution >= 0.6 is 0 Å². The van der Waals surface area contributed by atoms with Crippen molar-refractivity contribution in [2.24, 2.45) is 0 Å². The van der Waals surface area contributed by atoms with Crippen molar-refractivity contribution in [1.82, 2.24) is 9.55 Å². The maximum atomic E-state index is 12.0. The number of carboxylic acid groups (broad SMARTS) is 1. The van der Waals surface area contributed by atoms with Gasteiger partial charge in [0.25, 0.3) is 5.56 Å². The van der Waals surface area contributed by atoms with Gasteiger partial charge < -0.3 is 9.84 Å². The first-order valence-corrected chi connectivity index (χ1v) is 6.05. The lowest BCUT2D eigenvalue weighted by atomic mass is 9.93. The van der Waals surface area contributed by atoms with Gasteiger partial charge in [-0.05, 0) is 19.8 Å². The molecule has 1 N–H and O–H groups in total. The Labute approximate surface area is 104 Å². The van der Waals surface area contributed by atoms with Crippen LogP contribution in [0.1, 0.15) is 41.7 Å². The molecule has 0 amide bonds. The molecule has 1 aromatic rings. The lowest BCUT2D eigenvalue weighted by Crippen LogP contribution is -2.30. The first kappa shape index (κ1) is 12.8. The van der Waals surface area contributed by atoms with E-state index in [0.717, 1.165) is 0 Å². The summed E-state index contributed by atoms with van der Waals surface area (Å²) < 4.78 is 6.55. The van der Waals surface area contributed by atoms with E-state index in [-0.39, 0.29) is 11.5 Å². The second kappa shape index (κ2) is 5.30. The molecule has 0 atom stereocenters. The molecule has 1 aliphatic rings. The van der Waals surface area contributed by atoms with Crippen LogP contribution in [0.25, 0.3) is 0 Å². The minimum atomic E-state index is -1.20. The van der Waals surface area contributed by atoms with Crippen LogP contribution in [-0.2, 0) is 11.3 Å². The normalized spacial score (nSPS) is 16.7. The standard InChI is InChI=1S/C12H16N2O4/c1-2-14-7-13-10(8-3-5-18-6-4-8)9(11(14)15)12(16)17/h7-8H,2-6H2,1H3,(H,16,17). The fraction of sp³-hybridized carbons (Fsp3) is 0.583. The minimum Gasteiger partial charge on any atom is -0.477 e. The highest BCUT2D eigenvalue weighted by Gasteiger charge is 2.26. The van der Waals surface area contributed by atoms with Crippen LogP contribution in [0.5, 0.6) is 0 Å². The molecule has 1 saturated heterocycles. The summed E-state index contributed by atoms with van der Waals surface area (Å²) in [5.41, 5.74) is -0.256. The smallest absolute Gasteiger partial charge is 0.343 e. The van der Waals surface area contributed by atoms with E-state index in [0.29, 0.717) is 38.3 Å². The van der Waals surface area contributed by atoms with Gasteiger partial charge in [0.2, 0.25) is 0 Å². The van der Waals surface area contributed by atoms with Gasteiger partial charge >= 0.3 is 5.97 Å². The number of rotatable bonds is 3. The molecule has 0 aromatic carbocycles. The van der Waals surface area contributed by atoms with Crippen LogP contribution in [-0.4, -0.2) is 33.8 Å². The second-order valence-corrected chi connectivity index (χ2v) is 4.29. The average molecular weight is 252 g/mol. The molecule has 0 unspecified atom stereocenters. The molecule has 1 aliphatic heterocycles. The van der Waals surface area contributed by atoms with Crippen LogP contribution < -0.4 is 5.56 Å². The van der Waals surface area contributed by atoms with Gasteiger partial charge in [-0.15, -0.1) is 0 Å². The molecule has 1 fully saturated rings. The van der Waals surface area contributed by atoms with Gasteiger partial charge in [-0.25, -0.2) is 9.78 Å². The largest absolute Gasteiger partial charge is 0.477 e. The van der Waals surface area contributed by atoms with E-state index in [1.165, 1.54) is 10.9 Å². The molecule has 0 saturated carbocycles. The average Bonchev–Trinajstić information content (AvgIpc) is 2.39. The van der Waals surface area contributed by atoms with Crippen LogP contribution in [0.15, 0.2) is 11.1 Å². The topological polar surface area (TPSA) is 81.4 Å². The zero-order valence-electron chi connectivity index (χ0n) is 10.3. The highest BCUT2D eigenvalue weighted by molar-refractivity contribution is 5.88. The van der Waals surface area contributed by atoms with Gasteiger partial charge in [-0.2, -0.15) is 0 Å². The maximum Gasteiger partial charge on any atom is 0.343 e. The summed E-state index contributed by atoms with van der Waals surface area (Å²) in [5, 5.41) is 9.21. The van der Waals surface area contributed by atoms with E-state index in [2.05, 4.69) is 4.98 Å². The van der Waals surface area contributed by atoms with E-state index in [9.17, 15) is 14.7 Å². The number of hydrogen-bond acceptors (Lipinski definition) is 4. The summed E-state index contributed by atoms with van der Waals surface area (Å²) in [6.07, 6.45) is 2.85. The number of hydrogen-bond donors (Lipinski definition) is 1. The Hall–Kier alpha value is -1.69. The molecule has 0 bridgehead atoms. The number of aryl methyl sites for hydroxylation is 1. The van der Waals surface area contributed by atoms with Crippen molar-refractivity contribution in [2.45, 2.75) is 32.2 Å². The van der Waals surface area contributed by atoms with Crippen LogP contribution in [0, 0.1) is 0 Å². The van der Waals surface area contributed by atoms with Gasteiger partial charge in [0.15, 0.2) is 0 Å². The molecule has 1 aromatic heterocycles. The number of carbonyl (C=O) groups is 1. The maximum absolute atomic E-state index is 12.0. The van der Waals surface area contributed by atoms with Crippen molar-refractivity contribution in [3.05, 3.63) is 27.9 Å². The van der Waals surface area contributed by atoms with Crippen molar-refractivity contribution < 1.29 is 14.6 Å². The summed E-state index contributed by atoms with van der Waals surface area (Å²) in [6.45, 7) is 3.37. The van der Waals surface area contributed by atoms with Crippen LogP contribution in [0.3, 0.4) is 0 Å². The van der Waals surface area contributed by atoms with Gasteiger partial charge in [-0.3, -0.25) is 9.36 Å². The Morgan fingerprint density at radius 3 is 2.78 bits per heavy atom. The monoisotopic (exact) mass is 252 g/mol. The van der Waals surface area contributed by atoms with E-state index in [1.54, 1.807) is 6.92 Å². The van der Waals surface area contributed by atoms with Crippen LogP contribution in [0.4, 0.5) is 0 Å². The molecule has 0 radical (unpaired) electrons. The predicted molar refractivity (Wildman–Crippen MR) is 63.9 cm³/mol. The first-order valence-electron chi connectivity index (χ1n) is 6.05. The molecule has 18 heavy (non-hydrogen) atoms. The van der Waals surface area contributed by atoms with E-state index in [4.69, 9.17) is 4.74 Å². The van der Waals surface area contributed by atoms with Crippen molar-refractivity contribution in [3.63, 3.8) is 0 Å². The molecule has 0 spiro atoms. The third kappa shape index (κ3) is 2.28. The fourth-order valence-corrected chi connectivity index (χ4v) is 2.21. The number of aromatic nitrogens is 2. The van der Waals surface area contributed by atoms with Crippen molar-refractivity contribution >= 4 is 5.97 Å². The molecule has 2 heterocycles. The van der Waals surface area contributed by atoms with E-state index < -0.39 is 11.5 Å². The third-order valence-electron chi connectivity index (χ3n) is 3.23. The number of aromatic carboxylic acids is 1. The quantitative estimate of drug-likeness (QED) is 0.862. The Kier molecular flexibility index (Phi) is 3.76. The summed E-state index contributed by atoms with van der Waals surface area (Å²) in [5.74, 6) is -1.19. The van der Waals surface area contributed by atoms with Crippen molar-refractivity contribution in [1.29, 1.82) is 0 Å². The summed E-state index contributed by atoms with van der Waals surface area (Å²) in [6, 6.07) is 0. The van der Waals surface area contributed by atoms with Gasteiger partial charge in [0, 0.05) is 25.7 Å². The zero-order chi connectivity index (χ0) is 13.1. The highest BCUT2D eigenvalue weighted by atomic mass is 16.5. The number of carboxylic acids is 1. The van der Waals surface area contributed by atoms with Gasteiger partial charge in [0.05, 0.1) is 12.0 Å². The molecular weight excluding hydrogens is 236 g/mol. The molecule has 6 nitrogen and oxygen atoms in total. The molecule has 98 valence electrons. The second-order valence-electron chi connectivity index (χ2n) is 4.29. The van der Waals surface area contributed by atoms with Crippen molar-refractivity contribution in [2.75, 3.05) is 13.2 Å². The Morgan fingerprint density at radius 1 is 1.56 bits per heavy atom. The fourth-order valence-electron chi connectivity index (χ4n) is 2.21. The molecule has 2 rings (SSSR count). The molecule has 0 aliphatic carbocycles. The van der Waals surface area contributed by atoms with Gasteiger partial charge in [-0.1, -0.05) is 0 Å². The summed E-state index contributed by atoms with van der Waals surface area (Å²) in [7, 11) is 0. The Balaban J connectivity index is 2.49. The lowest BCUT2D eigenvalue weighted by molar-refractivity contribution is 0.0679. The summed E-state index contributed by atoms with van der Waals surface area (Å²) in [4.78, 5) is 27.5. The first-order chi connectivity index (χ1) is 8.65. The van der Waals surface area contributed by atoms with Gasteiger partial charge in [0.1, 0.15) is 5.56 Å². The minimum absolute atomic E-state index is 0.00376. The van der Waals surface area contributed by atoms with E-state index in [1.807, 2.05) is 0 Å². The summed E-state index contributed by atoms with van der Waals surface area (Å²) >= 11 is 0. The Bertz CT molecular complexity index is 503. The third-order valence-corrected chi connectivity index (χ3v) is 3.23. The van der Waals surface area contributed by atoms with Crippen molar-refractivity contribution in [3.8, 4) is 0 Å². The van der Waals surface area contributed by atoms with E-state index >= 15 is 0 Å². The van der Waals surface area contributed by atoms with Crippen LogP contribution in [0.2, 0.25) is 0 Å². The highest BCUT2D eigenvalue weighted by Crippen LogP contribution is 2.26. The SMILES string of the molecule is CCn1cnc(C2CCOCC2)c(C(=O)O)c1=O. The number of nitrogens with zero attached hydrogens (tertiary/aromatic N) is 2. The lowest BCUT2D eigenvalue weighted by Gasteiger charge is -2.22. The predicted octanol–water partition coefficient (Wildman–Crippen LogP) is 0.855. The molecule has 6 heteroatoms. The molecular formula is C12H16N2O4. The number of ether oxygens (including phenoxy) is 1. The zero-order valence-corrected chi connectivity index (χ0v) is 10.3. The Morgan fingerprint density at radius 2 is 2.22 bits per heavy atom.